The molecule has 63 heavy (non-hydrogen) atoms. The predicted octanol–water partition coefficient (Wildman–Crippen LogP) is 7.62. The van der Waals surface area contributed by atoms with E-state index in [0.29, 0.717) is 12.2 Å². The maximum absolute atomic E-state index is 15.0. The minimum Gasteiger partial charge on any atom is -0.488 e. The van der Waals surface area contributed by atoms with Gasteiger partial charge in [0, 0.05) is 96.6 Å². The van der Waals surface area contributed by atoms with E-state index in [1.165, 1.54) is 29.5 Å². The highest BCUT2D eigenvalue weighted by atomic mass is 32.3. The normalized spacial score (nSPS) is 24.8. The summed E-state index contributed by atoms with van der Waals surface area (Å²) in [5, 5.41) is 3.85. The first-order valence-corrected chi connectivity index (χ1v) is 24.2. The number of hydrogen-bond donors (Lipinski definition) is 0. The number of hydrogen-bond acceptors (Lipinski definition) is 11. The van der Waals surface area contributed by atoms with Crippen molar-refractivity contribution < 1.29 is 32.6 Å². The van der Waals surface area contributed by atoms with Gasteiger partial charge in [0.25, 0.3) is 5.24 Å². The van der Waals surface area contributed by atoms with Crippen molar-refractivity contribution in [3.8, 4) is 5.75 Å². The van der Waals surface area contributed by atoms with Gasteiger partial charge in [-0.3, -0.25) is 14.6 Å². The zero-order chi connectivity index (χ0) is 44.3. The molecule has 3 saturated heterocycles. The van der Waals surface area contributed by atoms with Crippen molar-refractivity contribution in [3.63, 3.8) is 0 Å². The van der Waals surface area contributed by atoms with Gasteiger partial charge in [-0.1, -0.05) is 16.1 Å². The van der Waals surface area contributed by atoms with E-state index < -0.39 is 33.6 Å². The topological polar surface area (TPSA) is 118 Å². The molecule has 8 rings (SSSR count). The van der Waals surface area contributed by atoms with Crippen molar-refractivity contribution in [2.24, 2.45) is 0 Å². The fraction of sp³-hybridized carbons (Fsp3) is 0.413. The van der Waals surface area contributed by atoms with Crippen molar-refractivity contribution in [1.82, 2.24) is 29.5 Å². The van der Waals surface area contributed by atoms with Crippen LogP contribution in [-0.4, -0.2) is 123 Å². The predicted molar refractivity (Wildman–Crippen MR) is 241 cm³/mol. The van der Waals surface area contributed by atoms with Gasteiger partial charge in [-0.2, -0.15) is 16.9 Å². The Labute approximate surface area is 373 Å². The molecule has 13 nitrogen and oxygen atoms in total. The number of likely N-dealkylation sites (N-methyl/N-ethyl adjacent to an activating group) is 1. The fourth-order valence-electron chi connectivity index (χ4n) is 9.16. The van der Waals surface area contributed by atoms with E-state index in [0.717, 1.165) is 59.2 Å². The lowest BCUT2D eigenvalue weighted by Gasteiger charge is -2.44. The minimum absolute atomic E-state index is 0.0144. The van der Waals surface area contributed by atoms with Crippen LogP contribution in [0.5, 0.6) is 5.75 Å². The Morgan fingerprint density at radius 2 is 1.68 bits per heavy atom. The van der Waals surface area contributed by atoms with E-state index in [9.17, 15) is 14.0 Å². The van der Waals surface area contributed by atoms with Crippen LogP contribution in [0.1, 0.15) is 32.8 Å². The van der Waals surface area contributed by atoms with Gasteiger partial charge in [-0.25, -0.2) is 18.4 Å². The van der Waals surface area contributed by atoms with E-state index in [-0.39, 0.29) is 53.9 Å². The lowest BCUT2D eigenvalue weighted by Crippen LogP contribution is -2.47. The molecule has 0 N–H and O–H groups in total. The molecule has 0 radical (unpaired) electrons. The molecule has 5 aromatic rings. The van der Waals surface area contributed by atoms with E-state index in [2.05, 4.69) is 56.1 Å². The lowest BCUT2D eigenvalue weighted by atomic mass is 9.94. The third kappa shape index (κ3) is 8.72. The molecule has 3 aromatic carbocycles. The van der Waals surface area contributed by atoms with Crippen LogP contribution >= 0.6 is 21.8 Å². The van der Waals surface area contributed by atoms with Gasteiger partial charge < -0.3 is 33.8 Å². The first-order valence-electron chi connectivity index (χ1n) is 21.1. The van der Waals surface area contributed by atoms with Gasteiger partial charge >= 0.3 is 0 Å². The van der Waals surface area contributed by atoms with Crippen LogP contribution in [0.4, 0.5) is 25.0 Å². The van der Waals surface area contributed by atoms with Crippen LogP contribution in [0.25, 0.3) is 0 Å². The van der Waals surface area contributed by atoms with E-state index >= 15 is 4.39 Å². The molecule has 3 unspecified atom stereocenters. The van der Waals surface area contributed by atoms with Crippen LogP contribution in [0.3, 0.4) is 0 Å². The summed E-state index contributed by atoms with van der Waals surface area (Å²) in [6, 6.07) is 23.4. The molecule has 0 aliphatic carbocycles. The summed E-state index contributed by atoms with van der Waals surface area (Å²) in [4.78, 5) is 47.5. The van der Waals surface area contributed by atoms with E-state index in [1.807, 2.05) is 79.5 Å². The molecule has 2 amide bonds. The van der Waals surface area contributed by atoms with Crippen LogP contribution < -0.4 is 14.5 Å². The molecule has 3 aliphatic rings. The molecule has 2 aromatic heterocycles. The van der Waals surface area contributed by atoms with Crippen molar-refractivity contribution in [3.05, 3.63) is 121 Å². The number of halogens is 2. The summed E-state index contributed by atoms with van der Waals surface area (Å²) in [7, 11) is -0.580. The molecule has 3 aliphatic heterocycles. The lowest BCUT2D eigenvalue weighted by molar-refractivity contribution is -0.130. The molecule has 3 fully saturated rings. The van der Waals surface area contributed by atoms with E-state index in [4.69, 9.17) is 14.2 Å². The number of carbonyl (C=O) groups is 2. The van der Waals surface area contributed by atoms with Crippen LogP contribution in [-0.2, 0) is 26.4 Å². The Morgan fingerprint density at radius 3 is 2.29 bits per heavy atom. The maximum atomic E-state index is 15.0. The summed E-state index contributed by atoms with van der Waals surface area (Å²) in [6.07, 6.45) is 8.03. The molecular formula is C46H54F2N8O5S2. The number of carbonyl (C=O) groups excluding carboxylic acids is 2. The first kappa shape index (κ1) is 44.4. The first-order chi connectivity index (χ1) is 30.4. The second kappa shape index (κ2) is 18.9. The van der Waals surface area contributed by atoms with Crippen molar-refractivity contribution in [2.45, 2.75) is 72.9 Å². The highest BCUT2D eigenvalue weighted by Crippen LogP contribution is 2.72. The SMILES string of the molecule is CSCCC(=O)N(C)C1C(C)N(C(C)C)C(=O)S1(c1ccc(N2CCN(c3ccc(OC[C@H]4OC[C@](Cn5cncn5)(c5ccc(F)cc5F)O4)cc3)CC2)cc1)c1cccnc1. The standard InChI is InChI=1S/C46H54F2N8O5S2/c1-32(2)56-33(3)44(52(4)42(57)18-24-62-5)63(45(56)58,39-7-6-19-49-26-39)38-15-11-36(12-16-38)54-22-20-53(21-23-54)35-9-13-37(14-10-35)59-27-43-60-29-46(61-43,28-55-31-50-30-51-55)40-17-8-34(47)25-41(40)48/h6-17,19,25-26,30-33,43-44H,18,20-24,27-29H2,1-5H3/t33?,43-,44?,46+/m0/s1. The van der Waals surface area contributed by atoms with Crippen LogP contribution in [0, 0.1) is 11.6 Å². The fourth-order valence-corrected chi connectivity index (χ4v) is 14.1. The molecule has 0 spiro atoms. The molecule has 5 atom stereocenters. The monoisotopic (exact) mass is 900 g/mol. The number of nitrogens with zero attached hydrogens (tertiary/aromatic N) is 8. The number of rotatable bonds is 15. The zero-order valence-corrected chi connectivity index (χ0v) is 37.8. The molecule has 334 valence electrons. The second-order valence-electron chi connectivity index (χ2n) is 16.3. The quantitative estimate of drug-likeness (QED) is 0.103. The summed E-state index contributed by atoms with van der Waals surface area (Å²) in [5.41, 5.74) is 1.05. The number of thioether (sulfide) groups is 1. The summed E-state index contributed by atoms with van der Waals surface area (Å²) >= 11 is 1.64. The number of aromatic nitrogens is 4. The minimum atomic E-state index is -2.44. The van der Waals surface area contributed by atoms with E-state index in [1.54, 1.807) is 18.0 Å². The number of ether oxygens (including phenoxy) is 3. The van der Waals surface area contributed by atoms with Crippen molar-refractivity contribution in [1.29, 1.82) is 0 Å². The highest BCUT2D eigenvalue weighted by molar-refractivity contribution is 8.45. The smallest absolute Gasteiger partial charge is 0.274 e. The van der Waals surface area contributed by atoms with Crippen LogP contribution in [0.15, 0.2) is 114 Å². The number of piperazine rings is 1. The molecule has 5 heterocycles. The van der Waals surface area contributed by atoms with Gasteiger partial charge in [0.1, 0.15) is 42.2 Å². The number of anilines is 2. The molecule has 0 saturated carbocycles. The van der Waals surface area contributed by atoms with Gasteiger partial charge in [-0.15, -0.1) is 0 Å². The van der Waals surface area contributed by atoms with Crippen molar-refractivity contribution in [2.75, 3.05) is 68.2 Å². The largest absolute Gasteiger partial charge is 0.488 e. The summed E-state index contributed by atoms with van der Waals surface area (Å²) < 4.78 is 48.7. The number of amides is 2. The van der Waals surface area contributed by atoms with Gasteiger partial charge in [0.05, 0.1) is 24.6 Å². The Bertz CT molecular complexity index is 2340. The third-order valence-corrected chi connectivity index (χ3v) is 17.0. The third-order valence-electron chi connectivity index (χ3n) is 12.2. The Morgan fingerprint density at radius 1 is 0.984 bits per heavy atom. The maximum Gasteiger partial charge on any atom is 0.274 e. The summed E-state index contributed by atoms with van der Waals surface area (Å²) in [5.74, 6) is -0.0302. The average molecular weight is 901 g/mol. The summed E-state index contributed by atoms with van der Waals surface area (Å²) in [6.45, 7) is 9.55. The van der Waals surface area contributed by atoms with Gasteiger partial charge in [0.15, 0.2) is 6.29 Å². The van der Waals surface area contributed by atoms with Crippen LogP contribution in [0.2, 0.25) is 0 Å². The Hall–Kier alpha value is -5.23. The number of pyridine rings is 1. The Balaban J connectivity index is 0.924. The molecule has 0 bridgehead atoms. The van der Waals surface area contributed by atoms with Gasteiger partial charge in [-0.05, 0) is 93.8 Å². The van der Waals surface area contributed by atoms with Crippen molar-refractivity contribution >= 4 is 44.3 Å². The highest BCUT2D eigenvalue weighted by Gasteiger charge is 2.59. The Kier molecular flexibility index (Phi) is 13.3. The molecular weight excluding hydrogens is 847 g/mol. The second-order valence-corrected chi connectivity index (χ2v) is 20.4. The van der Waals surface area contributed by atoms with Gasteiger partial charge in [0.2, 0.25) is 5.91 Å². The molecule has 17 heteroatoms. The average Bonchev–Trinajstić information content (AvgIpc) is 4.02. The number of benzene rings is 3. The zero-order valence-electron chi connectivity index (χ0n) is 36.2.